The van der Waals surface area contributed by atoms with Gasteiger partial charge >= 0.3 is 0 Å². The molecule has 0 atom stereocenters. The van der Waals surface area contributed by atoms with Crippen LogP contribution in [0, 0.1) is 6.92 Å². The van der Waals surface area contributed by atoms with E-state index in [4.69, 9.17) is 0 Å². The number of rotatable bonds is 2. The highest BCUT2D eigenvalue weighted by Gasteiger charge is 2.05. The molecule has 0 N–H and O–H groups in total. The molecule has 0 aromatic carbocycles. The fourth-order valence-electron chi connectivity index (χ4n) is 1.31. The number of pyridine rings is 1. The van der Waals surface area contributed by atoms with Crippen LogP contribution in [0.25, 0.3) is 11.4 Å². The van der Waals surface area contributed by atoms with Gasteiger partial charge < -0.3 is 4.57 Å². The van der Waals surface area contributed by atoms with Crippen LogP contribution < -0.4 is 0 Å². The van der Waals surface area contributed by atoms with Gasteiger partial charge in [-0.05, 0) is 26.0 Å². The van der Waals surface area contributed by atoms with Crippen LogP contribution in [-0.4, -0.2) is 19.7 Å². The first-order chi connectivity index (χ1) is 6.81. The molecule has 0 amide bonds. The molecule has 0 saturated heterocycles. The van der Waals surface area contributed by atoms with E-state index in [1.165, 1.54) is 0 Å². The van der Waals surface area contributed by atoms with Gasteiger partial charge in [0, 0.05) is 24.0 Å². The van der Waals surface area contributed by atoms with Gasteiger partial charge in [0.15, 0.2) is 5.82 Å². The van der Waals surface area contributed by atoms with E-state index in [9.17, 15) is 0 Å². The average molecular weight is 188 g/mol. The first kappa shape index (κ1) is 8.87. The Morgan fingerprint density at radius 3 is 2.86 bits per heavy atom. The van der Waals surface area contributed by atoms with Crippen molar-refractivity contribution in [2.45, 2.75) is 20.4 Å². The number of hydrogen-bond donors (Lipinski definition) is 0. The summed E-state index contributed by atoms with van der Waals surface area (Å²) in [7, 11) is 0. The minimum Gasteiger partial charge on any atom is -0.314 e. The van der Waals surface area contributed by atoms with Crippen LogP contribution in [-0.2, 0) is 6.54 Å². The Labute approximate surface area is 82.6 Å². The zero-order valence-corrected chi connectivity index (χ0v) is 8.31. The van der Waals surface area contributed by atoms with Gasteiger partial charge in [-0.2, -0.15) is 0 Å². The first-order valence-electron chi connectivity index (χ1n) is 4.62. The maximum atomic E-state index is 4.23. The van der Waals surface area contributed by atoms with Crippen LogP contribution in [0.15, 0.2) is 24.7 Å². The van der Waals surface area contributed by atoms with Crippen molar-refractivity contribution in [1.29, 1.82) is 0 Å². The Bertz CT molecular complexity index is 416. The van der Waals surface area contributed by atoms with E-state index in [2.05, 4.69) is 22.1 Å². The molecule has 2 aromatic heterocycles. The summed E-state index contributed by atoms with van der Waals surface area (Å²) in [5.74, 6) is 0.875. The monoisotopic (exact) mass is 188 g/mol. The second-order valence-corrected chi connectivity index (χ2v) is 3.13. The summed E-state index contributed by atoms with van der Waals surface area (Å²) in [4.78, 5) is 4.23. The molecule has 72 valence electrons. The summed E-state index contributed by atoms with van der Waals surface area (Å²) in [6.45, 7) is 4.90. The van der Waals surface area contributed by atoms with Crippen molar-refractivity contribution >= 4 is 0 Å². The molecule has 0 saturated carbocycles. The van der Waals surface area contributed by atoms with Crippen molar-refractivity contribution in [1.82, 2.24) is 19.7 Å². The van der Waals surface area contributed by atoms with E-state index in [1.807, 2.05) is 29.8 Å². The Hall–Kier alpha value is -1.71. The van der Waals surface area contributed by atoms with E-state index in [0.29, 0.717) is 0 Å². The molecule has 0 unspecified atom stereocenters. The lowest BCUT2D eigenvalue weighted by Gasteiger charge is -2.02. The van der Waals surface area contributed by atoms with Crippen LogP contribution >= 0.6 is 0 Å². The summed E-state index contributed by atoms with van der Waals surface area (Å²) >= 11 is 0. The largest absolute Gasteiger partial charge is 0.314 e. The molecule has 4 heteroatoms. The summed E-state index contributed by atoms with van der Waals surface area (Å²) in [5.41, 5.74) is 2.02. The fraction of sp³-hybridized carbons (Fsp3) is 0.300. The van der Waals surface area contributed by atoms with Gasteiger partial charge in [0.2, 0.25) is 0 Å². The molecule has 0 spiro atoms. The molecule has 0 aliphatic carbocycles. The highest BCUT2D eigenvalue weighted by Crippen LogP contribution is 2.14. The van der Waals surface area contributed by atoms with Crippen molar-refractivity contribution in [3.8, 4) is 11.4 Å². The minimum atomic E-state index is 0.871. The van der Waals surface area contributed by atoms with Gasteiger partial charge in [-0.1, -0.05) is 0 Å². The van der Waals surface area contributed by atoms with Gasteiger partial charge in [0.25, 0.3) is 0 Å². The lowest BCUT2D eigenvalue weighted by atomic mass is 10.2. The van der Waals surface area contributed by atoms with E-state index < -0.39 is 0 Å². The summed E-state index contributed by atoms with van der Waals surface area (Å²) in [5, 5.41) is 7.94. The quantitative estimate of drug-likeness (QED) is 0.720. The molecule has 14 heavy (non-hydrogen) atoms. The van der Waals surface area contributed by atoms with Crippen LogP contribution in [0.2, 0.25) is 0 Å². The van der Waals surface area contributed by atoms with E-state index in [-0.39, 0.29) is 0 Å². The molecule has 0 fully saturated rings. The minimum absolute atomic E-state index is 0.871. The molecule has 0 radical (unpaired) electrons. The van der Waals surface area contributed by atoms with Gasteiger partial charge in [-0.15, -0.1) is 10.2 Å². The van der Waals surface area contributed by atoms with Gasteiger partial charge in [0.1, 0.15) is 6.33 Å². The molecule has 4 nitrogen and oxygen atoms in total. The average Bonchev–Trinajstić information content (AvgIpc) is 2.67. The zero-order valence-electron chi connectivity index (χ0n) is 8.31. The highest BCUT2D eigenvalue weighted by molar-refractivity contribution is 5.53. The molecule has 0 bridgehead atoms. The Morgan fingerprint density at radius 2 is 2.21 bits per heavy atom. The first-order valence-corrected chi connectivity index (χ1v) is 4.62. The van der Waals surface area contributed by atoms with Gasteiger partial charge in [-0.25, -0.2) is 0 Å². The highest BCUT2D eigenvalue weighted by atomic mass is 15.3. The fourth-order valence-corrected chi connectivity index (χ4v) is 1.31. The molecule has 2 aromatic rings. The van der Waals surface area contributed by atoms with E-state index in [1.54, 1.807) is 6.33 Å². The lowest BCUT2D eigenvalue weighted by Crippen LogP contribution is -1.96. The molecule has 0 aliphatic rings. The van der Waals surface area contributed by atoms with Crippen LogP contribution in [0.1, 0.15) is 12.6 Å². The summed E-state index contributed by atoms with van der Waals surface area (Å²) in [6.07, 6.45) is 3.56. The van der Waals surface area contributed by atoms with Crippen molar-refractivity contribution in [2.24, 2.45) is 0 Å². The molecular weight excluding hydrogens is 176 g/mol. The third-order valence-electron chi connectivity index (χ3n) is 2.13. The topological polar surface area (TPSA) is 43.6 Å². The Kier molecular flexibility index (Phi) is 2.26. The van der Waals surface area contributed by atoms with Crippen LogP contribution in [0.5, 0.6) is 0 Å². The van der Waals surface area contributed by atoms with Crippen molar-refractivity contribution in [3.05, 3.63) is 30.4 Å². The van der Waals surface area contributed by atoms with Crippen molar-refractivity contribution < 1.29 is 0 Å². The lowest BCUT2D eigenvalue weighted by molar-refractivity contribution is 0.766. The van der Waals surface area contributed by atoms with Crippen molar-refractivity contribution in [2.75, 3.05) is 0 Å². The van der Waals surface area contributed by atoms with E-state index in [0.717, 1.165) is 23.6 Å². The standard InChI is InChI=1S/C10H12N4/c1-3-14-7-12-13-10(14)9-5-4-8(2)11-6-9/h4-7H,3H2,1-2H3. The molecule has 2 rings (SSSR count). The summed E-state index contributed by atoms with van der Waals surface area (Å²) in [6, 6.07) is 3.99. The molecule has 2 heterocycles. The zero-order chi connectivity index (χ0) is 9.97. The number of nitrogens with zero attached hydrogens (tertiary/aromatic N) is 4. The SMILES string of the molecule is CCn1cnnc1-c1ccc(C)nc1. The molecular formula is C10H12N4. The summed E-state index contributed by atoms with van der Waals surface area (Å²) < 4.78 is 1.99. The number of aromatic nitrogens is 4. The maximum absolute atomic E-state index is 4.23. The third kappa shape index (κ3) is 1.51. The Morgan fingerprint density at radius 1 is 1.36 bits per heavy atom. The molecule has 0 aliphatic heterocycles. The van der Waals surface area contributed by atoms with E-state index >= 15 is 0 Å². The normalized spacial score (nSPS) is 10.4. The smallest absolute Gasteiger partial charge is 0.165 e. The predicted molar refractivity (Wildman–Crippen MR) is 53.7 cm³/mol. The Balaban J connectivity index is 2.44. The van der Waals surface area contributed by atoms with Crippen LogP contribution in [0.4, 0.5) is 0 Å². The predicted octanol–water partition coefficient (Wildman–Crippen LogP) is 1.67. The van der Waals surface area contributed by atoms with Crippen molar-refractivity contribution in [3.63, 3.8) is 0 Å². The van der Waals surface area contributed by atoms with Crippen LogP contribution in [0.3, 0.4) is 0 Å². The maximum Gasteiger partial charge on any atom is 0.165 e. The van der Waals surface area contributed by atoms with Gasteiger partial charge in [0.05, 0.1) is 0 Å². The second-order valence-electron chi connectivity index (χ2n) is 3.13. The number of aryl methyl sites for hydroxylation is 2. The third-order valence-corrected chi connectivity index (χ3v) is 2.13. The number of hydrogen-bond acceptors (Lipinski definition) is 3. The second kappa shape index (κ2) is 3.57. The van der Waals surface area contributed by atoms with Gasteiger partial charge in [-0.3, -0.25) is 4.98 Å².